The Bertz CT molecular complexity index is 107. The van der Waals surface area contributed by atoms with E-state index in [4.69, 9.17) is 0 Å². The molecule has 2 nitrogen and oxygen atoms in total. The lowest BCUT2D eigenvalue weighted by molar-refractivity contribution is -0.113. The third-order valence-corrected chi connectivity index (χ3v) is 0.888. The van der Waals surface area contributed by atoms with Crippen molar-refractivity contribution in [2.45, 2.75) is 6.92 Å². The Kier molecular flexibility index (Phi) is 3.12. The number of likely N-dealkylation sites (N-methyl/N-ethyl adjacent to an activating group) is 1. The highest BCUT2D eigenvalue weighted by molar-refractivity contribution is 5.92. The van der Waals surface area contributed by atoms with Crippen molar-refractivity contribution < 1.29 is 4.79 Å². The molecule has 2 heteroatoms. The van der Waals surface area contributed by atoms with Gasteiger partial charge < -0.3 is 5.32 Å². The number of hydrogen-bond acceptors (Lipinski definition) is 2. The molecule has 0 heterocycles. The second kappa shape index (κ2) is 3.38. The van der Waals surface area contributed by atoms with Crippen LogP contribution in [0.3, 0.4) is 0 Å². The summed E-state index contributed by atoms with van der Waals surface area (Å²) in [6.07, 6.45) is 0. The van der Waals surface area contributed by atoms with Crippen molar-refractivity contribution in [3.05, 3.63) is 12.2 Å². The van der Waals surface area contributed by atoms with Crippen LogP contribution in [-0.4, -0.2) is 19.4 Å². The van der Waals surface area contributed by atoms with Crippen molar-refractivity contribution in [1.82, 2.24) is 5.32 Å². The molecule has 0 unspecified atom stereocenters. The SMILES string of the molecule is C=C(CNC)C(C)=O. The molecule has 0 spiro atoms. The minimum absolute atomic E-state index is 0.0550. The van der Waals surface area contributed by atoms with E-state index in [2.05, 4.69) is 11.9 Å². The molecule has 0 amide bonds. The summed E-state index contributed by atoms with van der Waals surface area (Å²) in [5, 5.41) is 2.83. The minimum Gasteiger partial charge on any atom is -0.316 e. The number of hydrogen-bond donors (Lipinski definition) is 1. The summed E-state index contributed by atoms with van der Waals surface area (Å²) in [7, 11) is 1.79. The highest BCUT2D eigenvalue weighted by Gasteiger charge is 1.95. The molecule has 0 aromatic heterocycles. The van der Waals surface area contributed by atoms with Gasteiger partial charge in [-0.25, -0.2) is 0 Å². The summed E-state index contributed by atoms with van der Waals surface area (Å²) < 4.78 is 0. The van der Waals surface area contributed by atoms with Gasteiger partial charge >= 0.3 is 0 Å². The highest BCUT2D eigenvalue weighted by atomic mass is 16.1. The largest absolute Gasteiger partial charge is 0.316 e. The van der Waals surface area contributed by atoms with Gasteiger partial charge in [-0.2, -0.15) is 0 Å². The van der Waals surface area contributed by atoms with Gasteiger partial charge in [-0.1, -0.05) is 6.58 Å². The van der Waals surface area contributed by atoms with Gasteiger partial charge in [0.05, 0.1) is 0 Å². The van der Waals surface area contributed by atoms with Crippen LogP contribution >= 0.6 is 0 Å². The third kappa shape index (κ3) is 2.53. The first-order valence-electron chi connectivity index (χ1n) is 2.51. The van der Waals surface area contributed by atoms with Crippen LogP contribution in [0.15, 0.2) is 12.2 Å². The number of carbonyl (C=O) groups is 1. The van der Waals surface area contributed by atoms with Crippen LogP contribution in [0.5, 0.6) is 0 Å². The fourth-order valence-electron chi connectivity index (χ4n) is 0.338. The van der Waals surface area contributed by atoms with E-state index in [1.165, 1.54) is 6.92 Å². The molecule has 0 saturated heterocycles. The molecule has 46 valence electrons. The van der Waals surface area contributed by atoms with Crippen molar-refractivity contribution in [3.8, 4) is 0 Å². The molecular weight excluding hydrogens is 102 g/mol. The topological polar surface area (TPSA) is 29.1 Å². The zero-order valence-corrected chi connectivity index (χ0v) is 5.32. The maximum Gasteiger partial charge on any atom is 0.156 e. The molecule has 8 heavy (non-hydrogen) atoms. The monoisotopic (exact) mass is 113 g/mol. The Morgan fingerprint density at radius 3 is 2.38 bits per heavy atom. The molecule has 0 fully saturated rings. The van der Waals surface area contributed by atoms with Crippen LogP contribution < -0.4 is 5.32 Å². The minimum atomic E-state index is 0.0550. The molecule has 0 aromatic carbocycles. The molecule has 0 rings (SSSR count). The summed E-state index contributed by atoms with van der Waals surface area (Å²) in [4.78, 5) is 10.4. The summed E-state index contributed by atoms with van der Waals surface area (Å²) in [6.45, 7) is 5.64. The van der Waals surface area contributed by atoms with Crippen molar-refractivity contribution in [2.75, 3.05) is 13.6 Å². The number of Topliss-reactive ketones (excluding diaryl/α,β-unsaturated/α-hetero) is 1. The Balaban J connectivity index is 3.49. The number of ketones is 1. The third-order valence-electron chi connectivity index (χ3n) is 0.888. The number of nitrogens with one attached hydrogen (secondary N) is 1. The first-order chi connectivity index (χ1) is 3.68. The predicted molar refractivity (Wildman–Crippen MR) is 33.7 cm³/mol. The van der Waals surface area contributed by atoms with Gasteiger partial charge in [0, 0.05) is 12.1 Å². The summed E-state index contributed by atoms with van der Waals surface area (Å²) in [5.74, 6) is 0.0550. The van der Waals surface area contributed by atoms with Crippen LogP contribution in [0.2, 0.25) is 0 Å². The summed E-state index contributed by atoms with van der Waals surface area (Å²) >= 11 is 0. The molecular formula is C6H11NO. The first kappa shape index (κ1) is 7.37. The van der Waals surface area contributed by atoms with Gasteiger partial charge in [0.2, 0.25) is 0 Å². The van der Waals surface area contributed by atoms with Crippen LogP contribution in [0, 0.1) is 0 Å². The van der Waals surface area contributed by atoms with Crippen LogP contribution in [-0.2, 0) is 4.79 Å². The second-order valence-electron chi connectivity index (χ2n) is 1.69. The first-order valence-corrected chi connectivity index (χ1v) is 2.51. The van der Waals surface area contributed by atoms with Gasteiger partial charge in [0.15, 0.2) is 5.78 Å². The summed E-state index contributed by atoms with van der Waals surface area (Å²) in [5.41, 5.74) is 0.632. The number of rotatable bonds is 3. The molecule has 1 N–H and O–H groups in total. The van der Waals surface area contributed by atoms with E-state index in [-0.39, 0.29) is 5.78 Å². The van der Waals surface area contributed by atoms with Crippen molar-refractivity contribution in [1.29, 1.82) is 0 Å². The Morgan fingerprint density at radius 1 is 1.75 bits per heavy atom. The lowest BCUT2D eigenvalue weighted by Crippen LogP contribution is -2.13. The average Bonchev–Trinajstić information content (AvgIpc) is 1.67. The average molecular weight is 113 g/mol. The van der Waals surface area contributed by atoms with Crippen molar-refractivity contribution >= 4 is 5.78 Å². The van der Waals surface area contributed by atoms with E-state index in [9.17, 15) is 4.79 Å². The molecule has 0 bridgehead atoms. The standard InChI is InChI=1S/C6H11NO/c1-5(4-7-3)6(2)8/h7H,1,4H2,2-3H3. The van der Waals surface area contributed by atoms with Crippen LogP contribution in [0.1, 0.15) is 6.92 Å². The van der Waals surface area contributed by atoms with Gasteiger partial charge in [-0.15, -0.1) is 0 Å². The van der Waals surface area contributed by atoms with Crippen LogP contribution in [0.4, 0.5) is 0 Å². The van der Waals surface area contributed by atoms with Gasteiger partial charge in [-0.3, -0.25) is 4.79 Å². The fourth-order valence-corrected chi connectivity index (χ4v) is 0.338. The van der Waals surface area contributed by atoms with Crippen LogP contribution in [0.25, 0.3) is 0 Å². The smallest absolute Gasteiger partial charge is 0.156 e. The molecule has 0 atom stereocenters. The molecule has 0 aromatic rings. The van der Waals surface area contributed by atoms with Gasteiger partial charge in [-0.05, 0) is 14.0 Å². The fraction of sp³-hybridized carbons (Fsp3) is 0.500. The lowest BCUT2D eigenvalue weighted by atomic mass is 10.2. The number of carbonyl (C=O) groups excluding carboxylic acids is 1. The second-order valence-corrected chi connectivity index (χ2v) is 1.69. The van der Waals surface area contributed by atoms with E-state index in [0.29, 0.717) is 12.1 Å². The normalized spacial score (nSPS) is 8.75. The lowest BCUT2D eigenvalue weighted by Gasteiger charge is -1.95. The maximum absolute atomic E-state index is 10.4. The van der Waals surface area contributed by atoms with Crippen molar-refractivity contribution in [3.63, 3.8) is 0 Å². The van der Waals surface area contributed by atoms with E-state index < -0.39 is 0 Å². The van der Waals surface area contributed by atoms with Crippen molar-refractivity contribution in [2.24, 2.45) is 0 Å². The predicted octanol–water partition coefficient (Wildman–Crippen LogP) is 0.351. The molecule has 0 aliphatic rings. The quantitative estimate of drug-likeness (QED) is 0.535. The Labute approximate surface area is 49.6 Å². The Hall–Kier alpha value is -0.630. The van der Waals surface area contributed by atoms with Gasteiger partial charge in [0.25, 0.3) is 0 Å². The van der Waals surface area contributed by atoms with E-state index in [1.54, 1.807) is 7.05 Å². The Morgan fingerprint density at radius 2 is 2.25 bits per heavy atom. The van der Waals surface area contributed by atoms with E-state index in [1.807, 2.05) is 0 Å². The molecule has 0 saturated carbocycles. The summed E-state index contributed by atoms with van der Waals surface area (Å²) in [6, 6.07) is 0. The zero-order chi connectivity index (χ0) is 6.57. The molecule has 0 aliphatic carbocycles. The zero-order valence-electron chi connectivity index (χ0n) is 5.32. The highest BCUT2D eigenvalue weighted by Crippen LogP contribution is 1.86. The molecule has 0 aliphatic heterocycles. The van der Waals surface area contributed by atoms with E-state index in [0.717, 1.165) is 0 Å². The maximum atomic E-state index is 10.4. The molecule has 0 radical (unpaired) electrons. The van der Waals surface area contributed by atoms with E-state index >= 15 is 0 Å². The van der Waals surface area contributed by atoms with Gasteiger partial charge in [0.1, 0.15) is 0 Å².